The van der Waals surface area contributed by atoms with Gasteiger partial charge in [-0.15, -0.1) is 0 Å². The molecule has 2 rings (SSSR count). The van der Waals surface area contributed by atoms with E-state index in [-0.39, 0.29) is 24.4 Å². The van der Waals surface area contributed by atoms with E-state index >= 15 is 0 Å². The Balaban J connectivity index is 2.30. The highest BCUT2D eigenvalue weighted by atomic mass is 127. The van der Waals surface area contributed by atoms with Crippen molar-refractivity contribution < 1.29 is 24.6 Å². The Hall–Kier alpha value is 0.990. The molecule has 2 aromatic carbocycles. The SMILES string of the molecule is Cc1c(I)c(N)c(I)c(C(=O)NCC(=O)Nc2c(I)c(CO)c(I)c(C(=O)O)c2I)c1I. The van der Waals surface area contributed by atoms with Gasteiger partial charge in [-0.2, -0.15) is 0 Å². The molecule has 0 unspecified atom stereocenters. The second-order valence-corrected chi connectivity index (χ2v) is 12.7. The number of aliphatic hydroxyl groups excluding tert-OH is 1. The van der Waals surface area contributed by atoms with Crippen LogP contribution in [0.5, 0.6) is 0 Å². The summed E-state index contributed by atoms with van der Waals surface area (Å²) in [4.78, 5) is 37.1. The van der Waals surface area contributed by atoms with E-state index in [2.05, 4.69) is 55.8 Å². The van der Waals surface area contributed by atoms with Crippen molar-refractivity contribution in [3.63, 3.8) is 0 Å². The van der Waals surface area contributed by atoms with Crippen molar-refractivity contribution >= 4 is 165 Å². The fraction of sp³-hybridized carbons (Fsp3) is 0.167. The third kappa shape index (κ3) is 6.03. The van der Waals surface area contributed by atoms with Crippen LogP contribution in [0.2, 0.25) is 0 Å². The molecule has 2 aromatic rings. The van der Waals surface area contributed by atoms with Crippen LogP contribution in [-0.4, -0.2) is 34.5 Å². The molecule has 32 heavy (non-hydrogen) atoms. The van der Waals surface area contributed by atoms with Crippen LogP contribution in [0, 0.1) is 28.3 Å². The van der Waals surface area contributed by atoms with E-state index in [0.717, 1.165) is 12.7 Å². The summed E-state index contributed by atoms with van der Waals surface area (Å²) in [5.74, 6) is -2.13. The third-order valence-electron chi connectivity index (χ3n) is 4.25. The Bertz CT molecular complexity index is 1130. The van der Waals surface area contributed by atoms with Gasteiger partial charge in [-0.05, 0) is 148 Å². The maximum atomic E-state index is 12.8. The molecule has 0 aliphatic rings. The van der Waals surface area contributed by atoms with Gasteiger partial charge in [0.15, 0.2) is 0 Å². The first kappa shape index (κ1) is 29.2. The van der Waals surface area contributed by atoms with E-state index in [1.807, 2.05) is 97.3 Å². The first-order valence-corrected chi connectivity index (χ1v) is 14.9. The van der Waals surface area contributed by atoms with Crippen LogP contribution < -0.4 is 16.4 Å². The molecule has 0 radical (unpaired) electrons. The van der Waals surface area contributed by atoms with Gasteiger partial charge in [0, 0.05) is 19.8 Å². The van der Waals surface area contributed by atoms with Crippen LogP contribution in [0.25, 0.3) is 0 Å². The normalized spacial score (nSPS) is 10.8. The van der Waals surface area contributed by atoms with E-state index in [4.69, 9.17) is 5.73 Å². The second kappa shape index (κ2) is 12.3. The minimum absolute atomic E-state index is 0.00366. The molecule has 0 saturated heterocycles. The highest BCUT2D eigenvalue weighted by molar-refractivity contribution is 14.1. The zero-order valence-corrected chi connectivity index (χ0v) is 28.8. The van der Waals surface area contributed by atoms with Crippen LogP contribution in [-0.2, 0) is 11.4 Å². The number of carbonyl (C=O) groups is 3. The van der Waals surface area contributed by atoms with Gasteiger partial charge in [0.2, 0.25) is 5.91 Å². The second-order valence-electron chi connectivity index (χ2n) is 6.22. The van der Waals surface area contributed by atoms with Gasteiger partial charge in [-0.25, -0.2) is 4.79 Å². The average Bonchev–Trinajstić information content (AvgIpc) is 2.72. The monoisotopic (exact) mass is 1110 g/mol. The van der Waals surface area contributed by atoms with Gasteiger partial charge in [-0.1, -0.05) is 0 Å². The molecule has 0 heterocycles. The van der Waals surface area contributed by atoms with Gasteiger partial charge in [-0.3, -0.25) is 9.59 Å². The Labute approximate surface area is 265 Å². The van der Waals surface area contributed by atoms with Gasteiger partial charge >= 0.3 is 5.97 Å². The van der Waals surface area contributed by atoms with Crippen molar-refractivity contribution in [3.05, 3.63) is 43.7 Å². The smallest absolute Gasteiger partial charge is 0.337 e. The number of halogens is 6. The molecule has 0 aliphatic heterocycles. The topological polar surface area (TPSA) is 142 Å². The van der Waals surface area contributed by atoms with Crippen molar-refractivity contribution in [2.24, 2.45) is 0 Å². The van der Waals surface area contributed by atoms with Crippen molar-refractivity contribution in [2.75, 3.05) is 17.6 Å². The summed E-state index contributed by atoms with van der Waals surface area (Å²) in [6.07, 6.45) is 0. The molecule has 0 spiro atoms. The number of carboxylic acid groups (broad SMARTS) is 1. The van der Waals surface area contributed by atoms with Gasteiger partial charge < -0.3 is 26.6 Å². The Morgan fingerprint density at radius 1 is 0.875 bits per heavy atom. The number of aromatic carboxylic acids is 1. The van der Waals surface area contributed by atoms with E-state index < -0.39 is 17.8 Å². The lowest BCUT2D eigenvalue weighted by Crippen LogP contribution is -2.34. The molecule has 8 nitrogen and oxygen atoms in total. The number of benzene rings is 2. The summed E-state index contributed by atoms with van der Waals surface area (Å²) < 4.78 is 3.53. The Morgan fingerprint density at radius 3 is 2.00 bits per heavy atom. The minimum atomic E-state index is -1.16. The highest BCUT2D eigenvalue weighted by Crippen LogP contribution is 2.36. The maximum Gasteiger partial charge on any atom is 0.337 e. The van der Waals surface area contributed by atoms with E-state index in [9.17, 15) is 24.6 Å². The average molecular weight is 1110 g/mol. The summed E-state index contributed by atoms with van der Waals surface area (Å²) >= 11 is 11.9. The van der Waals surface area contributed by atoms with E-state index in [1.165, 1.54) is 0 Å². The van der Waals surface area contributed by atoms with Gasteiger partial charge in [0.25, 0.3) is 5.91 Å². The molecule has 6 N–H and O–H groups in total. The maximum absolute atomic E-state index is 12.8. The highest BCUT2D eigenvalue weighted by Gasteiger charge is 2.26. The number of aliphatic hydroxyl groups is 1. The largest absolute Gasteiger partial charge is 0.478 e. The van der Waals surface area contributed by atoms with Crippen LogP contribution >= 0.6 is 136 Å². The number of nitrogen functional groups attached to an aromatic ring is 1. The lowest BCUT2D eigenvalue weighted by Gasteiger charge is -2.18. The van der Waals surface area contributed by atoms with Crippen molar-refractivity contribution in [2.45, 2.75) is 13.5 Å². The number of carbonyl (C=O) groups excluding carboxylic acids is 2. The minimum Gasteiger partial charge on any atom is -0.478 e. The first-order chi connectivity index (χ1) is 14.8. The van der Waals surface area contributed by atoms with Crippen LogP contribution in [0.3, 0.4) is 0 Å². The lowest BCUT2D eigenvalue weighted by molar-refractivity contribution is -0.115. The quantitative estimate of drug-likeness (QED) is 0.209. The van der Waals surface area contributed by atoms with Crippen molar-refractivity contribution in [1.82, 2.24) is 5.32 Å². The van der Waals surface area contributed by atoms with Crippen molar-refractivity contribution in [1.29, 1.82) is 0 Å². The zero-order chi connectivity index (χ0) is 24.5. The number of hydrogen-bond donors (Lipinski definition) is 5. The zero-order valence-electron chi connectivity index (χ0n) is 15.9. The first-order valence-electron chi connectivity index (χ1n) is 8.39. The predicted molar refractivity (Wildman–Crippen MR) is 172 cm³/mol. The number of nitrogens with one attached hydrogen (secondary N) is 2. The number of amides is 2. The number of anilines is 2. The Kier molecular flexibility index (Phi) is 11.2. The number of hydrogen-bond acceptors (Lipinski definition) is 5. The number of nitrogens with two attached hydrogens (primary N) is 1. The van der Waals surface area contributed by atoms with Crippen molar-refractivity contribution in [3.8, 4) is 0 Å². The summed E-state index contributed by atoms with van der Waals surface area (Å²) in [6.45, 7) is 1.17. The fourth-order valence-electron chi connectivity index (χ4n) is 2.60. The fourth-order valence-corrected chi connectivity index (χ4v) is 10.5. The molecular weight excluding hydrogens is 1100 g/mol. The Morgan fingerprint density at radius 2 is 1.47 bits per heavy atom. The molecule has 14 heteroatoms. The molecule has 172 valence electrons. The summed E-state index contributed by atoms with van der Waals surface area (Å²) in [6, 6.07) is 0. The number of rotatable bonds is 6. The van der Waals surface area contributed by atoms with Crippen LogP contribution in [0.15, 0.2) is 0 Å². The molecular formula is C18H13I6N3O5. The van der Waals surface area contributed by atoms with Crippen LogP contribution in [0.4, 0.5) is 11.4 Å². The molecule has 0 saturated carbocycles. The predicted octanol–water partition coefficient (Wildman–Crippen LogP) is 4.76. The number of carboxylic acids is 1. The summed E-state index contributed by atoms with van der Waals surface area (Å²) in [5, 5.41) is 24.5. The molecule has 2 amide bonds. The molecule has 0 aromatic heterocycles. The van der Waals surface area contributed by atoms with E-state index in [1.54, 1.807) is 0 Å². The van der Waals surface area contributed by atoms with Crippen LogP contribution in [0.1, 0.15) is 31.8 Å². The van der Waals surface area contributed by atoms with E-state index in [0.29, 0.717) is 31.1 Å². The molecule has 0 atom stereocenters. The molecule has 0 aliphatic carbocycles. The lowest BCUT2D eigenvalue weighted by atomic mass is 10.1. The summed E-state index contributed by atoms with van der Waals surface area (Å²) in [7, 11) is 0. The standard InChI is InChI=1S/C18H13I6N3O5/c1-4-9(19)7(13(23)15(25)10(4)20)17(30)26-2-6(29)27-16-12(22)5(3-28)11(21)8(14(16)24)18(31)32/h28H,2-3,25H2,1H3,(H,26,30)(H,27,29)(H,31,32). The molecule has 0 fully saturated rings. The van der Waals surface area contributed by atoms with Gasteiger partial charge in [0.05, 0.1) is 42.8 Å². The third-order valence-corrected chi connectivity index (χ3v) is 11.6. The van der Waals surface area contributed by atoms with Gasteiger partial charge in [0.1, 0.15) is 0 Å². The summed E-state index contributed by atoms with van der Waals surface area (Å²) in [5.41, 5.74) is 8.62. The molecule has 0 bridgehead atoms.